The molecular formula is C20H17F3N6O. The molecule has 4 rings (SSSR count). The zero-order chi connectivity index (χ0) is 21.3. The van der Waals surface area contributed by atoms with Gasteiger partial charge in [-0.3, -0.25) is 9.78 Å². The van der Waals surface area contributed by atoms with E-state index in [1.165, 1.54) is 11.9 Å². The number of carbonyl (C=O) groups excluding carboxylic acids is 1. The maximum atomic E-state index is 13.5. The van der Waals surface area contributed by atoms with Crippen LogP contribution in [0.15, 0.2) is 48.9 Å². The molecule has 3 heterocycles. The number of amides is 1. The summed E-state index contributed by atoms with van der Waals surface area (Å²) in [5.41, 5.74) is 1.91. The second-order valence-corrected chi connectivity index (χ2v) is 6.87. The fraction of sp³-hybridized carbons (Fsp3) is 0.200. The molecule has 0 aliphatic carbocycles. The molecule has 0 saturated heterocycles. The van der Waals surface area contributed by atoms with Crippen LogP contribution in [0.2, 0.25) is 0 Å². The monoisotopic (exact) mass is 414 g/mol. The van der Waals surface area contributed by atoms with Gasteiger partial charge >= 0.3 is 6.18 Å². The van der Waals surface area contributed by atoms with Crippen LogP contribution in [0.3, 0.4) is 0 Å². The lowest BCUT2D eigenvalue weighted by molar-refractivity contribution is -0.137. The molecule has 1 amide bonds. The van der Waals surface area contributed by atoms with Crippen LogP contribution >= 0.6 is 0 Å². The Labute approximate surface area is 170 Å². The highest BCUT2D eigenvalue weighted by Gasteiger charge is 2.36. The molecule has 10 heteroatoms. The lowest BCUT2D eigenvalue weighted by Crippen LogP contribution is -2.23. The van der Waals surface area contributed by atoms with Crippen LogP contribution in [-0.2, 0) is 23.9 Å². The first-order chi connectivity index (χ1) is 14.3. The molecule has 0 radical (unpaired) electrons. The smallest absolute Gasteiger partial charge is 0.355 e. The highest BCUT2D eigenvalue weighted by Crippen LogP contribution is 2.36. The zero-order valence-electron chi connectivity index (χ0n) is 15.9. The predicted octanol–water partition coefficient (Wildman–Crippen LogP) is 3.77. The molecule has 2 aromatic heterocycles. The van der Waals surface area contributed by atoms with Gasteiger partial charge in [-0.05, 0) is 35.4 Å². The van der Waals surface area contributed by atoms with Crippen molar-refractivity contribution < 1.29 is 18.0 Å². The van der Waals surface area contributed by atoms with Crippen molar-refractivity contribution in [2.75, 3.05) is 22.6 Å². The average Bonchev–Trinajstić information content (AvgIpc) is 3.07. The van der Waals surface area contributed by atoms with Crippen molar-refractivity contribution in [1.82, 2.24) is 15.0 Å². The number of anilines is 4. The number of nitrogens with one attached hydrogen (secondary N) is 2. The molecule has 0 bridgehead atoms. The summed E-state index contributed by atoms with van der Waals surface area (Å²) >= 11 is 0. The van der Waals surface area contributed by atoms with E-state index in [9.17, 15) is 18.0 Å². The maximum absolute atomic E-state index is 13.5. The van der Waals surface area contributed by atoms with Crippen LogP contribution in [0.4, 0.5) is 36.3 Å². The number of benzene rings is 1. The predicted molar refractivity (Wildman–Crippen MR) is 105 cm³/mol. The van der Waals surface area contributed by atoms with Gasteiger partial charge in [0.2, 0.25) is 11.9 Å². The highest BCUT2D eigenvalue weighted by molar-refractivity contribution is 5.99. The van der Waals surface area contributed by atoms with Crippen LogP contribution in [0.5, 0.6) is 0 Å². The third kappa shape index (κ3) is 4.17. The molecular weight excluding hydrogens is 397 g/mol. The third-order valence-corrected chi connectivity index (χ3v) is 4.56. The Morgan fingerprint density at radius 3 is 2.80 bits per heavy atom. The van der Waals surface area contributed by atoms with E-state index in [2.05, 4.69) is 25.6 Å². The Kier molecular flexibility index (Phi) is 4.98. The van der Waals surface area contributed by atoms with Crippen molar-refractivity contribution >= 4 is 29.0 Å². The third-order valence-electron chi connectivity index (χ3n) is 4.56. The van der Waals surface area contributed by atoms with Crippen LogP contribution in [-0.4, -0.2) is 27.9 Å². The summed E-state index contributed by atoms with van der Waals surface area (Å²) in [6, 6.07) is 8.66. The molecule has 0 fully saturated rings. The largest absolute Gasteiger partial charge is 0.421 e. The van der Waals surface area contributed by atoms with E-state index in [-0.39, 0.29) is 30.6 Å². The van der Waals surface area contributed by atoms with Gasteiger partial charge in [0, 0.05) is 43.6 Å². The molecule has 7 nitrogen and oxygen atoms in total. The van der Waals surface area contributed by atoms with Gasteiger partial charge in [0.05, 0.1) is 6.42 Å². The second-order valence-electron chi connectivity index (χ2n) is 6.87. The number of halogens is 3. The van der Waals surface area contributed by atoms with Gasteiger partial charge in [0.25, 0.3) is 0 Å². The number of hydrogen-bond donors (Lipinski definition) is 2. The topological polar surface area (TPSA) is 83.0 Å². The Bertz CT molecular complexity index is 1090. The van der Waals surface area contributed by atoms with Crippen molar-refractivity contribution in [3.63, 3.8) is 0 Å². The summed E-state index contributed by atoms with van der Waals surface area (Å²) in [5.74, 6) is -0.331. The molecule has 0 saturated carbocycles. The summed E-state index contributed by atoms with van der Waals surface area (Å²) in [6.45, 7) is 0.194. The van der Waals surface area contributed by atoms with E-state index in [0.29, 0.717) is 5.69 Å². The van der Waals surface area contributed by atoms with Crippen molar-refractivity contribution in [3.8, 4) is 0 Å². The molecule has 1 aliphatic rings. The fourth-order valence-corrected chi connectivity index (χ4v) is 3.20. The molecule has 0 unspecified atom stereocenters. The van der Waals surface area contributed by atoms with Gasteiger partial charge in [-0.2, -0.15) is 18.2 Å². The van der Waals surface area contributed by atoms with Crippen LogP contribution in [0.25, 0.3) is 0 Å². The average molecular weight is 414 g/mol. The van der Waals surface area contributed by atoms with Crippen molar-refractivity contribution in [1.29, 1.82) is 0 Å². The zero-order valence-corrected chi connectivity index (χ0v) is 15.9. The molecule has 1 aromatic carbocycles. The van der Waals surface area contributed by atoms with Gasteiger partial charge < -0.3 is 15.5 Å². The highest BCUT2D eigenvalue weighted by atomic mass is 19.4. The number of pyridine rings is 1. The van der Waals surface area contributed by atoms with Crippen molar-refractivity contribution in [3.05, 3.63) is 65.6 Å². The minimum atomic E-state index is -4.60. The molecule has 154 valence electrons. The Hall–Kier alpha value is -3.69. The summed E-state index contributed by atoms with van der Waals surface area (Å²) in [7, 11) is 1.53. The Balaban J connectivity index is 1.63. The number of nitrogens with zero attached hydrogens (tertiary/aromatic N) is 4. The van der Waals surface area contributed by atoms with Crippen molar-refractivity contribution in [2.45, 2.75) is 19.1 Å². The van der Waals surface area contributed by atoms with Gasteiger partial charge in [-0.25, -0.2) is 4.98 Å². The lowest BCUT2D eigenvalue weighted by Gasteiger charge is -2.22. The Morgan fingerprint density at radius 1 is 1.23 bits per heavy atom. The van der Waals surface area contributed by atoms with Gasteiger partial charge in [0.1, 0.15) is 11.4 Å². The first kappa shape index (κ1) is 19.6. The number of carbonyl (C=O) groups is 1. The minimum Gasteiger partial charge on any atom is -0.355 e. The fourth-order valence-electron chi connectivity index (χ4n) is 3.20. The summed E-state index contributed by atoms with van der Waals surface area (Å²) < 4.78 is 40.5. The number of rotatable bonds is 5. The summed E-state index contributed by atoms with van der Waals surface area (Å²) in [4.78, 5) is 24.8. The normalized spacial score (nSPS) is 13.0. The quantitative estimate of drug-likeness (QED) is 0.662. The number of alkyl halides is 3. The van der Waals surface area contributed by atoms with Gasteiger partial charge in [-0.1, -0.05) is 6.07 Å². The maximum Gasteiger partial charge on any atom is 0.421 e. The number of hydrogen-bond acceptors (Lipinski definition) is 6. The standard InChI is InChI=1S/C20H17F3N6O/c1-29(11-12-3-2-6-24-9-12)18-15(20(21,22)23)10-25-19(28-18)26-14-4-5-16-13(7-14)8-17(30)27-16/h2-7,9-10H,8,11H2,1H3,(H,27,30)(H,25,26,28). The first-order valence-corrected chi connectivity index (χ1v) is 9.03. The van der Waals surface area contributed by atoms with Crippen molar-refractivity contribution in [2.24, 2.45) is 0 Å². The van der Waals surface area contributed by atoms with E-state index >= 15 is 0 Å². The molecule has 30 heavy (non-hydrogen) atoms. The first-order valence-electron chi connectivity index (χ1n) is 9.03. The molecule has 0 spiro atoms. The summed E-state index contributed by atoms with van der Waals surface area (Å²) in [6.07, 6.45) is -0.404. The second kappa shape index (κ2) is 7.62. The molecule has 1 aliphatic heterocycles. The molecule has 3 aromatic rings. The van der Waals surface area contributed by atoms with Crippen LogP contribution in [0.1, 0.15) is 16.7 Å². The SMILES string of the molecule is CN(Cc1cccnc1)c1nc(Nc2ccc3c(c2)CC(=O)N3)ncc1C(F)(F)F. The number of aromatic nitrogens is 3. The van der Waals surface area contributed by atoms with E-state index in [1.54, 1.807) is 42.7 Å². The van der Waals surface area contributed by atoms with Gasteiger partial charge in [-0.15, -0.1) is 0 Å². The number of fused-ring (bicyclic) bond motifs is 1. The Morgan fingerprint density at radius 2 is 2.07 bits per heavy atom. The van der Waals surface area contributed by atoms with E-state index in [1.807, 2.05) is 0 Å². The summed E-state index contributed by atoms with van der Waals surface area (Å²) in [5, 5.41) is 5.64. The van der Waals surface area contributed by atoms with E-state index in [0.717, 1.165) is 23.0 Å². The van der Waals surface area contributed by atoms with Gasteiger partial charge in [0.15, 0.2) is 0 Å². The van der Waals surface area contributed by atoms with Crippen LogP contribution < -0.4 is 15.5 Å². The van der Waals surface area contributed by atoms with E-state index in [4.69, 9.17) is 0 Å². The molecule has 2 N–H and O–H groups in total. The lowest BCUT2D eigenvalue weighted by atomic mass is 10.1. The molecule has 0 atom stereocenters. The van der Waals surface area contributed by atoms with Crippen LogP contribution in [0, 0.1) is 0 Å². The van der Waals surface area contributed by atoms with E-state index < -0.39 is 11.7 Å². The minimum absolute atomic E-state index is 0.0215.